The van der Waals surface area contributed by atoms with Crippen LogP contribution in [0.25, 0.3) is 16.7 Å². The van der Waals surface area contributed by atoms with Gasteiger partial charge in [0.15, 0.2) is 11.4 Å². The molecule has 1 fully saturated rings. The van der Waals surface area contributed by atoms with Crippen molar-refractivity contribution >= 4 is 23.1 Å². The van der Waals surface area contributed by atoms with Crippen molar-refractivity contribution in [1.29, 1.82) is 0 Å². The minimum Gasteiger partial charge on any atom is -0.507 e. The number of benzene rings is 2. The molecule has 0 bridgehead atoms. The molecule has 1 aliphatic heterocycles. The molecule has 140 valence electrons. The summed E-state index contributed by atoms with van der Waals surface area (Å²) in [6, 6.07) is 9.76. The lowest BCUT2D eigenvalue weighted by Crippen LogP contribution is -2.27. The molecular formula is C23H23ClO3. The zero-order valence-electron chi connectivity index (χ0n) is 15.9. The van der Waals surface area contributed by atoms with Gasteiger partial charge < -0.3 is 9.84 Å². The van der Waals surface area contributed by atoms with Crippen LogP contribution in [0, 0.1) is 20.8 Å². The van der Waals surface area contributed by atoms with Crippen LogP contribution in [0.2, 0.25) is 5.02 Å². The van der Waals surface area contributed by atoms with E-state index in [1.54, 1.807) is 0 Å². The molecular weight excluding hydrogens is 360 g/mol. The molecule has 3 nitrogen and oxygen atoms in total. The second-order valence-electron chi connectivity index (χ2n) is 7.71. The molecule has 0 saturated heterocycles. The minimum atomic E-state index is -0.809. The van der Waals surface area contributed by atoms with Gasteiger partial charge in [0.25, 0.3) is 0 Å². The molecule has 4 heteroatoms. The average molecular weight is 383 g/mol. The van der Waals surface area contributed by atoms with Crippen molar-refractivity contribution in [3.05, 3.63) is 63.4 Å². The van der Waals surface area contributed by atoms with Crippen molar-refractivity contribution in [3.63, 3.8) is 0 Å². The van der Waals surface area contributed by atoms with Crippen LogP contribution in [0.3, 0.4) is 0 Å². The molecule has 4 rings (SSSR count). The van der Waals surface area contributed by atoms with Crippen molar-refractivity contribution in [2.45, 2.75) is 52.1 Å². The minimum absolute atomic E-state index is 0.113. The van der Waals surface area contributed by atoms with Crippen LogP contribution in [0.15, 0.2) is 36.1 Å². The molecule has 0 aromatic heterocycles. The van der Waals surface area contributed by atoms with Crippen LogP contribution < -0.4 is 0 Å². The highest BCUT2D eigenvalue weighted by molar-refractivity contribution is 6.30. The molecule has 0 atom stereocenters. The molecule has 2 aromatic carbocycles. The number of aryl methyl sites for hydroxylation is 2. The van der Waals surface area contributed by atoms with E-state index >= 15 is 0 Å². The van der Waals surface area contributed by atoms with Crippen LogP contribution >= 0.6 is 11.6 Å². The van der Waals surface area contributed by atoms with E-state index in [1.807, 2.05) is 38.1 Å². The quantitative estimate of drug-likeness (QED) is 0.641. The summed E-state index contributed by atoms with van der Waals surface area (Å²) in [5.41, 5.74) is 5.48. The Morgan fingerprint density at radius 3 is 2.22 bits per heavy atom. The van der Waals surface area contributed by atoms with E-state index in [4.69, 9.17) is 16.3 Å². The molecule has 1 saturated carbocycles. The monoisotopic (exact) mass is 382 g/mol. The van der Waals surface area contributed by atoms with E-state index in [1.165, 1.54) is 0 Å². The van der Waals surface area contributed by atoms with Crippen LogP contribution in [0.5, 0.6) is 0 Å². The summed E-state index contributed by atoms with van der Waals surface area (Å²) in [5.74, 6) is -0.298. The fraction of sp³-hybridized carbons (Fsp3) is 0.348. The topological polar surface area (TPSA) is 46.5 Å². The highest BCUT2D eigenvalue weighted by atomic mass is 35.5. The maximum atomic E-state index is 12.8. The maximum Gasteiger partial charge on any atom is 0.343 e. The number of hydrogen-bond acceptors (Lipinski definition) is 3. The van der Waals surface area contributed by atoms with E-state index in [0.29, 0.717) is 23.4 Å². The van der Waals surface area contributed by atoms with Crippen molar-refractivity contribution in [3.8, 4) is 11.1 Å². The zero-order chi connectivity index (χ0) is 19.3. The molecule has 27 heavy (non-hydrogen) atoms. The van der Waals surface area contributed by atoms with Crippen LogP contribution in [-0.4, -0.2) is 16.7 Å². The first-order valence-corrected chi connectivity index (χ1v) is 9.76. The highest BCUT2D eigenvalue weighted by Gasteiger charge is 2.50. The van der Waals surface area contributed by atoms with Gasteiger partial charge in [-0.1, -0.05) is 29.8 Å². The third kappa shape index (κ3) is 2.76. The Morgan fingerprint density at radius 1 is 1.00 bits per heavy atom. The Morgan fingerprint density at radius 2 is 1.59 bits per heavy atom. The SMILES string of the molecule is Cc1cc(C)c(-c2ccc(Cl)cc2)c(C)c1C1=C(O)C2(CCCC2)OC1=O. The molecule has 1 N–H and O–H groups in total. The second kappa shape index (κ2) is 6.42. The normalized spacial score (nSPS) is 18.4. The Bertz CT molecular complexity index is 964. The summed E-state index contributed by atoms with van der Waals surface area (Å²) in [7, 11) is 0. The summed E-state index contributed by atoms with van der Waals surface area (Å²) in [4.78, 5) is 12.8. The number of aliphatic hydroxyl groups excluding tert-OH is 1. The third-order valence-electron chi connectivity index (χ3n) is 5.93. The first kappa shape index (κ1) is 18.1. The van der Waals surface area contributed by atoms with Gasteiger partial charge in [0.05, 0.1) is 0 Å². The molecule has 2 aromatic rings. The first-order chi connectivity index (χ1) is 12.8. The average Bonchev–Trinajstić information content (AvgIpc) is 3.17. The summed E-state index contributed by atoms with van der Waals surface area (Å²) < 4.78 is 5.71. The van der Waals surface area contributed by atoms with Gasteiger partial charge in [0, 0.05) is 5.02 Å². The molecule has 0 amide bonds. The summed E-state index contributed by atoms with van der Waals surface area (Å²) >= 11 is 6.04. The van der Waals surface area contributed by atoms with Gasteiger partial charge in [-0.2, -0.15) is 0 Å². The van der Waals surface area contributed by atoms with Crippen molar-refractivity contribution in [1.82, 2.24) is 0 Å². The van der Waals surface area contributed by atoms with Crippen LogP contribution in [-0.2, 0) is 9.53 Å². The van der Waals surface area contributed by atoms with Gasteiger partial charge in [-0.15, -0.1) is 0 Å². The lowest BCUT2D eigenvalue weighted by atomic mass is 9.85. The van der Waals surface area contributed by atoms with E-state index in [2.05, 4.69) is 13.0 Å². The van der Waals surface area contributed by atoms with Gasteiger partial charge >= 0.3 is 5.97 Å². The van der Waals surface area contributed by atoms with Gasteiger partial charge in [-0.05, 0) is 92.0 Å². The highest BCUT2D eigenvalue weighted by Crippen LogP contribution is 2.48. The van der Waals surface area contributed by atoms with Crippen molar-refractivity contribution in [2.24, 2.45) is 0 Å². The molecule has 1 spiro atoms. The lowest BCUT2D eigenvalue weighted by molar-refractivity contribution is -0.146. The molecule has 2 aliphatic rings. The summed E-state index contributed by atoms with van der Waals surface area (Å²) in [6.45, 7) is 6.05. The second-order valence-corrected chi connectivity index (χ2v) is 8.14. The molecule has 0 unspecified atom stereocenters. The summed E-state index contributed by atoms with van der Waals surface area (Å²) in [6.07, 6.45) is 3.32. The molecule has 1 heterocycles. The Kier molecular flexibility index (Phi) is 4.31. The molecule has 0 radical (unpaired) electrons. The largest absolute Gasteiger partial charge is 0.507 e. The number of carbonyl (C=O) groups is 1. The lowest BCUT2D eigenvalue weighted by Gasteiger charge is -2.21. The number of ether oxygens (including phenoxy) is 1. The smallest absolute Gasteiger partial charge is 0.343 e. The van der Waals surface area contributed by atoms with Crippen LogP contribution in [0.1, 0.15) is 47.9 Å². The van der Waals surface area contributed by atoms with Gasteiger partial charge in [-0.25, -0.2) is 4.79 Å². The van der Waals surface area contributed by atoms with Crippen LogP contribution in [0.4, 0.5) is 0 Å². The standard InChI is InChI=1S/C23H23ClO3/c1-13-12-14(2)19(15(3)18(13)16-6-8-17(24)9-7-16)20-21(25)23(27-22(20)26)10-4-5-11-23/h6-9,12,25H,4-5,10-11H2,1-3H3. The Balaban J connectivity index is 1.94. The number of hydrogen-bond donors (Lipinski definition) is 1. The molecule has 1 aliphatic carbocycles. The predicted molar refractivity (Wildman–Crippen MR) is 108 cm³/mol. The van der Waals surface area contributed by atoms with E-state index in [9.17, 15) is 9.90 Å². The third-order valence-corrected chi connectivity index (χ3v) is 6.18. The zero-order valence-corrected chi connectivity index (χ0v) is 16.6. The summed E-state index contributed by atoms with van der Waals surface area (Å²) in [5, 5.41) is 11.7. The number of carbonyl (C=O) groups excluding carboxylic acids is 1. The van der Waals surface area contributed by atoms with Crippen molar-refractivity contribution < 1.29 is 14.6 Å². The van der Waals surface area contributed by atoms with Gasteiger partial charge in [-0.3, -0.25) is 0 Å². The number of esters is 1. The van der Waals surface area contributed by atoms with E-state index < -0.39 is 11.6 Å². The number of rotatable bonds is 2. The fourth-order valence-corrected chi connectivity index (χ4v) is 4.86. The van der Waals surface area contributed by atoms with E-state index in [-0.39, 0.29) is 5.76 Å². The van der Waals surface area contributed by atoms with Crippen molar-refractivity contribution in [2.75, 3.05) is 0 Å². The number of halogens is 1. The van der Waals surface area contributed by atoms with Gasteiger partial charge in [0.1, 0.15) is 5.57 Å². The predicted octanol–water partition coefficient (Wildman–Crippen LogP) is 6.07. The van der Waals surface area contributed by atoms with Gasteiger partial charge in [0.2, 0.25) is 0 Å². The Hall–Kier alpha value is -2.26. The first-order valence-electron chi connectivity index (χ1n) is 9.38. The maximum absolute atomic E-state index is 12.8. The van der Waals surface area contributed by atoms with E-state index in [0.717, 1.165) is 46.2 Å². The fourth-order valence-electron chi connectivity index (χ4n) is 4.74. The Labute approximate surface area is 164 Å². The number of aliphatic hydroxyl groups is 1.